The Morgan fingerprint density at radius 3 is 2.12 bits per heavy atom. The SMILES string of the molecule is CCCCCCCCCCCC/C=C/C1OC1CCCC(=O)O.[NaH]. The van der Waals surface area contributed by atoms with Crippen LogP contribution in [0.1, 0.15) is 96.8 Å². The van der Waals surface area contributed by atoms with Crippen molar-refractivity contribution in [2.75, 3.05) is 0 Å². The van der Waals surface area contributed by atoms with Gasteiger partial charge in [0.15, 0.2) is 0 Å². The minimum absolute atomic E-state index is 0. The maximum absolute atomic E-state index is 10.4. The summed E-state index contributed by atoms with van der Waals surface area (Å²) in [6.07, 6.45) is 21.7. The molecule has 0 aromatic heterocycles. The van der Waals surface area contributed by atoms with Gasteiger partial charge in [0.25, 0.3) is 0 Å². The summed E-state index contributed by atoms with van der Waals surface area (Å²) in [6, 6.07) is 0. The molecule has 0 radical (unpaired) electrons. The predicted molar refractivity (Wildman–Crippen MR) is 103 cm³/mol. The maximum atomic E-state index is 10.4. The second kappa shape index (κ2) is 16.6. The van der Waals surface area contributed by atoms with E-state index in [1.165, 1.54) is 64.2 Å². The van der Waals surface area contributed by atoms with Gasteiger partial charge >= 0.3 is 35.5 Å². The molecule has 0 amide bonds. The number of ether oxygens (including phenoxy) is 1. The molecule has 1 rings (SSSR count). The van der Waals surface area contributed by atoms with Gasteiger partial charge in [-0.3, -0.25) is 4.79 Å². The Hall–Kier alpha value is 0.170. The van der Waals surface area contributed by atoms with Crippen LogP contribution < -0.4 is 0 Å². The summed E-state index contributed by atoms with van der Waals surface area (Å²) in [6.45, 7) is 2.27. The van der Waals surface area contributed by atoms with Crippen LogP contribution in [-0.4, -0.2) is 52.8 Å². The fraction of sp³-hybridized carbons (Fsp3) is 0.850. The first kappa shape index (κ1) is 24.2. The molecule has 0 spiro atoms. The van der Waals surface area contributed by atoms with Gasteiger partial charge in [-0.2, -0.15) is 0 Å². The number of hydrogen-bond acceptors (Lipinski definition) is 2. The number of unbranched alkanes of at least 4 members (excludes halogenated alkanes) is 10. The Morgan fingerprint density at radius 2 is 1.54 bits per heavy atom. The third kappa shape index (κ3) is 14.5. The number of carboxylic acids is 1. The standard InChI is InChI=1S/C20H36O3.Na.H/c1-2-3-4-5-6-7-8-9-10-11-12-13-15-18-19(23-18)16-14-17-20(21)22;;/h13,15,18-19H,2-12,14,16-17H2,1H3,(H,21,22);;/b15-13+;;. The van der Waals surface area contributed by atoms with Crippen LogP contribution in [0.25, 0.3) is 0 Å². The van der Waals surface area contributed by atoms with E-state index < -0.39 is 5.97 Å². The molecule has 136 valence electrons. The van der Waals surface area contributed by atoms with Crippen LogP contribution in [0.5, 0.6) is 0 Å². The van der Waals surface area contributed by atoms with Gasteiger partial charge in [0.2, 0.25) is 0 Å². The van der Waals surface area contributed by atoms with Crippen molar-refractivity contribution >= 4 is 35.5 Å². The Morgan fingerprint density at radius 1 is 0.958 bits per heavy atom. The Labute approximate surface area is 170 Å². The Bertz CT molecular complexity index is 331. The molecule has 1 saturated heterocycles. The second-order valence-corrected chi connectivity index (χ2v) is 6.82. The number of aliphatic carboxylic acids is 1. The normalized spacial score (nSPS) is 19.4. The van der Waals surface area contributed by atoms with Gasteiger partial charge < -0.3 is 9.84 Å². The van der Waals surface area contributed by atoms with E-state index in [9.17, 15) is 4.79 Å². The van der Waals surface area contributed by atoms with Gasteiger partial charge in [0.1, 0.15) is 6.10 Å². The molecule has 1 aliphatic heterocycles. The predicted octanol–water partition coefficient (Wildman–Crippen LogP) is 5.23. The van der Waals surface area contributed by atoms with Crippen LogP contribution in [0.4, 0.5) is 0 Å². The van der Waals surface area contributed by atoms with E-state index in [-0.39, 0.29) is 48.2 Å². The summed E-state index contributed by atoms with van der Waals surface area (Å²) < 4.78 is 5.52. The van der Waals surface area contributed by atoms with E-state index in [1.807, 2.05) is 0 Å². The summed E-state index contributed by atoms with van der Waals surface area (Å²) in [5.74, 6) is -0.710. The number of carbonyl (C=O) groups is 1. The van der Waals surface area contributed by atoms with E-state index >= 15 is 0 Å². The van der Waals surface area contributed by atoms with Gasteiger partial charge in [-0.25, -0.2) is 0 Å². The minimum atomic E-state index is -0.710. The first-order valence-electron chi connectivity index (χ1n) is 9.78. The van der Waals surface area contributed by atoms with Crippen molar-refractivity contribution in [1.82, 2.24) is 0 Å². The number of epoxide rings is 1. The first-order valence-corrected chi connectivity index (χ1v) is 9.78. The van der Waals surface area contributed by atoms with E-state index in [4.69, 9.17) is 9.84 Å². The summed E-state index contributed by atoms with van der Waals surface area (Å²) in [5, 5.41) is 8.58. The number of hydrogen-bond donors (Lipinski definition) is 1. The van der Waals surface area contributed by atoms with Crippen LogP contribution in [-0.2, 0) is 9.53 Å². The monoisotopic (exact) mass is 348 g/mol. The molecule has 24 heavy (non-hydrogen) atoms. The van der Waals surface area contributed by atoms with Crippen LogP contribution in [0.2, 0.25) is 0 Å². The fourth-order valence-corrected chi connectivity index (χ4v) is 2.99. The number of allylic oxidation sites excluding steroid dienone is 1. The molecular formula is C20H37NaO3. The van der Waals surface area contributed by atoms with Gasteiger partial charge in [0.05, 0.1) is 6.10 Å². The molecule has 0 bridgehead atoms. The van der Waals surface area contributed by atoms with Gasteiger partial charge in [-0.05, 0) is 25.7 Å². The molecule has 2 atom stereocenters. The van der Waals surface area contributed by atoms with Crippen LogP contribution in [0.15, 0.2) is 12.2 Å². The summed E-state index contributed by atoms with van der Waals surface area (Å²) >= 11 is 0. The molecule has 0 saturated carbocycles. The van der Waals surface area contributed by atoms with Gasteiger partial charge in [-0.15, -0.1) is 0 Å². The molecule has 4 heteroatoms. The van der Waals surface area contributed by atoms with Gasteiger partial charge in [0, 0.05) is 6.42 Å². The van der Waals surface area contributed by atoms with Crippen LogP contribution in [0.3, 0.4) is 0 Å². The summed E-state index contributed by atoms with van der Waals surface area (Å²) in [4.78, 5) is 10.4. The van der Waals surface area contributed by atoms with E-state index in [0.29, 0.717) is 0 Å². The Balaban J connectivity index is 0.00000529. The molecular weight excluding hydrogens is 311 g/mol. The molecule has 1 heterocycles. The average Bonchev–Trinajstić information content (AvgIpc) is 3.26. The summed E-state index contributed by atoms with van der Waals surface area (Å²) in [7, 11) is 0. The Kier molecular flexibility index (Phi) is 16.7. The second-order valence-electron chi connectivity index (χ2n) is 6.82. The number of rotatable bonds is 16. The van der Waals surface area contributed by atoms with E-state index in [0.717, 1.165) is 19.3 Å². The van der Waals surface area contributed by atoms with Crippen molar-refractivity contribution in [3.05, 3.63) is 12.2 Å². The van der Waals surface area contributed by atoms with Crippen molar-refractivity contribution in [3.63, 3.8) is 0 Å². The zero-order valence-corrected chi connectivity index (χ0v) is 15.0. The van der Waals surface area contributed by atoms with Crippen molar-refractivity contribution in [2.45, 2.75) is 109 Å². The number of carboxylic acid groups (broad SMARTS) is 1. The molecule has 1 aliphatic rings. The molecule has 1 N–H and O–H groups in total. The van der Waals surface area contributed by atoms with E-state index in [2.05, 4.69) is 19.1 Å². The first-order chi connectivity index (χ1) is 11.2. The van der Waals surface area contributed by atoms with E-state index in [1.54, 1.807) is 0 Å². The molecule has 0 aromatic rings. The van der Waals surface area contributed by atoms with Gasteiger partial charge in [-0.1, -0.05) is 76.9 Å². The zero-order valence-electron chi connectivity index (χ0n) is 15.0. The molecule has 3 nitrogen and oxygen atoms in total. The molecule has 0 aliphatic carbocycles. The third-order valence-electron chi connectivity index (χ3n) is 4.55. The summed E-state index contributed by atoms with van der Waals surface area (Å²) in [5.41, 5.74) is 0. The topological polar surface area (TPSA) is 49.8 Å². The molecule has 0 aromatic carbocycles. The molecule has 2 unspecified atom stereocenters. The van der Waals surface area contributed by atoms with Crippen molar-refractivity contribution in [1.29, 1.82) is 0 Å². The van der Waals surface area contributed by atoms with Crippen LogP contribution >= 0.6 is 0 Å². The average molecular weight is 349 g/mol. The quantitative estimate of drug-likeness (QED) is 0.180. The zero-order chi connectivity index (χ0) is 16.8. The van der Waals surface area contributed by atoms with Crippen molar-refractivity contribution in [3.8, 4) is 0 Å². The van der Waals surface area contributed by atoms with Crippen molar-refractivity contribution < 1.29 is 14.6 Å². The fourth-order valence-electron chi connectivity index (χ4n) is 2.99. The molecule has 1 fully saturated rings. The van der Waals surface area contributed by atoms with Crippen molar-refractivity contribution in [2.24, 2.45) is 0 Å². The van der Waals surface area contributed by atoms with Crippen LogP contribution in [0, 0.1) is 0 Å². The third-order valence-corrected chi connectivity index (χ3v) is 4.55.